The molecule has 7 nitrogen and oxygen atoms in total. The van der Waals surface area contributed by atoms with E-state index in [1.165, 1.54) is 21.3 Å². The summed E-state index contributed by atoms with van der Waals surface area (Å²) in [5, 5.41) is 5.06. The van der Waals surface area contributed by atoms with Gasteiger partial charge in [0.2, 0.25) is 0 Å². The van der Waals surface area contributed by atoms with Gasteiger partial charge in [0, 0.05) is 5.70 Å². The van der Waals surface area contributed by atoms with E-state index in [2.05, 4.69) is 5.32 Å². The second kappa shape index (κ2) is 8.12. The van der Waals surface area contributed by atoms with Crippen LogP contribution < -0.4 is 5.32 Å². The molecule has 0 radical (unpaired) electrons. The van der Waals surface area contributed by atoms with Crippen LogP contribution in [-0.2, 0) is 28.6 Å². The van der Waals surface area contributed by atoms with Crippen molar-refractivity contribution in [1.29, 1.82) is 0 Å². The Labute approximate surface area is 162 Å². The average molecular weight is 383 g/mol. The molecule has 0 aliphatic carbocycles. The van der Waals surface area contributed by atoms with E-state index in [0.717, 1.165) is 16.3 Å². The lowest BCUT2D eigenvalue weighted by molar-refractivity contribution is -0.159. The van der Waals surface area contributed by atoms with Crippen LogP contribution in [0.5, 0.6) is 0 Å². The lowest BCUT2D eigenvalue weighted by atomic mass is 9.88. The van der Waals surface area contributed by atoms with E-state index in [0.29, 0.717) is 5.70 Å². The van der Waals surface area contributed by atoms with Crippen molar-refractivity contribution in [1.82, 2.24) is 5.32 Å². The Balaban J connectivity index is 2.07. The predicted molar refractivity (Wildman–Crippen MR) is 102 cm³/mol. The van der Waals surface area contributed by atoms with Crippen LogP contribution in [-0.4, -0.2) is 45.3 Å². The van der Waals surface area contributed by atoms with Crippen LogP contribution in [0.2, 0.25) is 0 Å². The third-order valence-electron chi connectivity index (χ3n) is 4.85. The number of benzene rings is 2. The van der Waals surface area contributed by atoms with Crippen molar-refractivity contribution in [3.63, 3.8) is 0 Å². The van der Waals surface area contributed by atoms with E-state index in [1.54, 1.807) is 6.08 Å². The molecule has 2 aromatic rings. The molecule has 0 bridgehead atoms. The zero-order valence-corrected chi connectivity index (χ0v) is 15.8. The molecular formula is C21H21NO6. The van der Waals surface area contributed by atoms with Gasteiger partial charge < -0.3 is 19.5 Å². The SMILES string of the molecule is COC(=O)[C@@H]1[C@@H](C(=O)OC)N/C(=C\c2ccc3ccccc3c2)[C@H]1C(=O)OC. The number of hydrogen-bond donors (Lipinski definition) is 1. The molecule has 1 heterocycles. The predicted octanol–water partition coefficient (Wildman–Crippen LogP) is 1.90. The molecule has 1 saturated heterocycles. The summed E-state index contributed by atoms with van der Waals surface area (Å²) in [6.07, 6.45) is 1.73. The van der Waals surface area contributed by atoms with Crippen molar-refractivity contribution < 1.29 is 28.6 Å². The van der Waals surface area contributed by atoms with Gasteiger partial charge in [0.05, 0.1) is 21.3 Å². The van der Waals surface area contributed by atoms with Gasteiger partial charge in [0.25, 0.3) is 0 Å². The minimum Gasteiger partial charge on any atom is -0.469 e. The molecule has 0 amide bonds. The smallest absolute Gasteiger partial charge is 0.329 e. The third-order valence-corrected chi connectivity index (χ3v) is 4.85. The maximum Gasteiger partial charge on any atom is 0.329 e. The summed E-state index contributed by atoms with van der Waals surface area (Å²) in [6, 6.07) is 12.6. The number of rotatable bonds is 4. The van der Waals surface area contributed by atoms with Crippen LogP contribution in [0.4, 0.5) is 0 Å². The summed E-state index contributed by atoms with van der Waals surface area (Å²) in [6.45, 7) is 0. The zero-order valence-electron chi connectivity index (χ0n) is 15.8. The van der Waals surface area contributed by atoms with Crippen molar-refractivity contribution >= 4 is 34.8 Å². The summed E-state index contributed by atoms with van der Waals surface area (Å²) in [7, 11) is 3.66. The fourth-order valence-corrected chi connectivity index (χ4v) is 3.49. The minimum absolute atomic E-state index is 0.396. The molecule has 1 aliphatic heterocycles. The molecule has 28 heavy (non-hydrogen) atoms. The summed E-state index contributed by atoms with van der Waals surface area (Å²) >= 11 is 0. The molecule has 3 atom stereocenters. The Kier molecular flexibility index (Phi) is 5.63. The largest absolute Gasteiger partial charge is 0.469 e. The van der Waals surface area contributed by atoms with Crippen molar-refractivity contribution in [3.05, 3.63) is 53.7 Å². The lowest BCUT2D eigenvalue weighted by Crippen LogP contribution is -2.42. The van der Waals surface area contributed by atoms with Gasteiger partial charge in [-0.05, 0) is 28.5 Å². The summed E-state index contributed by atoms with van der Waals surface area (Å²) < 4.78 is 14.5. The maximum absolute atomic E-state index is 12.5. The van der Waals surface area contributed by atoms with Crippen molar-refractivity contribution in [2.75, 3.05) is 21.3 Å². The topological polar surface area (TPSA) is 90.9 Å². The Morgan fingerprint density at radius 2 is 1.50 bits per heavy atom. The molecule has 3 rings (SSSR count). The molecule has 0 aromatic heterocycles. The summed E-state index contributed by atoms with van der Waals surface area (Å²) in [5.41, 5.74) is 1.21. The molecule has 2 aromatic carbocycles. The normalized spacial score (nSPS) is 22.5. The number of ether oxygens (including phenoxy) is 3. The monoisotopic (exact) mass is 383 g/mol. The van der Waals surface area contributed by atoms with Gasteiger partial charge >= 0.3 is 17.9 Å². The molecule has 1 fully saturated rings. The molecule has 0 saturated carbocycles. The van der Waals surface area contributed by atoms with E-state index in [4.69, 9.17) is 14.2 Å². The quantitative estimate of drug-likeness (QED) is 0.637. The van der Waals surface area contributed by atoms with Crippen molar-refractivity contribution in [2.24, 2.45) is 11.8 Å². The van der Waals surface area contributed by atoms with Gasteiger partial charge in [-0.15, -0.1) is 0 Å². The Morgan fingerprint density at radius 3 is 2.14 bits per heavy atom. The van der Waals surface area contributed by atoms with E-state index < -0.39 is 35.8 Å². The number of esters is 3. The van der Waals surface area contributed by atoms with E-state index in [9.17, 15) is 14.4 Å². The fraction of sp³-hybridized carbons (Fsp3) is 0.286. The molecule has 1 N–H and O–H groups in total. The standard InChI is InChI=1S/C21H21NO6/c1-26-19(23)16-15(22-18(21(25)28-3)17(16)20(24)27-2)11-12-8-9-13-6-4-5-7-14(13)10-12/h4-11,16-18,22H,1-3H3/b15-11-/t16-,17+,18+/m1/s1. The minimum atomic E-state index is -1.09. The highest BCUT2D eigenvalue weighted by atomic mass is 16.5. The average Bonchev–Trinajstić information content (AvgIpc) is 3.10. The lowest BCUT2D eigenvalue weighted by Gasteiger charge is -2.18. The second-order valence-corrected chi connectivity index (χ2v) is 6.40. The highest BCUT2D eigenvalue weighted by molar-refractivity contribution is 5.94. The van der Waals surface area contributed by atoms with E-state index >= 15 is 0 Å². The first-order chi connectivity index (χ1) is 13.5. The summed E-state index contributed by atoms with van der Waals surface area (Å²) in [5.74, 6) is -4.09. The molecule has 0 unspecified atom stereocenters. The third kappa shape index (κ3) is 3.55. The van der Waals surface area contributed by atoms with Gasteiger partial charge in [-0.3, -0.25) is 9.59 Å². The molecule has 0 spiro atoms. The van der Waals surface area contributed by atoms with Crippen molar-refractivity contribution in [2.45, 2.75) is 6.04 Å². The highest BCUT2D eigenvalue weighted by Crippen LogP contribution is 2.34. The Hall–Kier alpha value is -3.35. The van der Waals surface area contributed by atoms with Crippen LogP contribution in [0.1, 0.15) is 5.56 Å². The number of carbonyl (C=O) groups excluding carboxylic acids is 3. The first-order valence-corrected chi connectivity index (χ1v) is 8.70. The summed E-state index contributed by atoms with van der Waals surface area (Å²) in [4.78, 5) is 37.0. The van der Waals surface area contributed by atoms with Crippen molar-refractivity contribution in [3.8, 4) is 0 Å². The first kappa shape index (κ1) is 19.4. The van der Waals surface area contributed by atoms with Crippen LogP contribution in [0.3, 0.4) is 0 Å². The number of fused-ring (bicyclic) bond motifs is 1. The molecular weight excluding hydrogens is 362 g/mol. The van der Waals surface area contributed by atoms with Gasteiger partial charge in [0.15, 0.2) is 0 Å². The van der Waals surface area contributed by atoms with E-state index in [-0.39, 0.29) is 0 Å². The molecule has 7 heteroatoms. The number of hydrogen-bond acceptors (Lipinski definition) is 7. The van der Waals surface area contributed by atoms with Crippen LogP contribution in [0.25, 0.3) is 16.8 Å². The van der Waals surface area contributed by atoms with Gasteiger partial charge in [-0.1, -0.05) is 36.4 Å². The van der Waals surface area contributed by atoms with Crippen LogP contribution in [0, 0.1) is 11.8 Å². The Morgan fingerprint density at radius 1 is 0.857 bits per heavy atom. The van der Waals surface area contributed by atoms with Gasteiger partial charge in [-0.25, -0.2) is 4.79 Å². The molecule has 146 valence electrons. The van der Waals surface area contributed by atoms with Crippen LogP contribution >= 0.6 is 0 Å². The molecule has 1 aliphatic rings. The van der Waals surface area contributed by atoms with E-state index in [1.807, 2.05) is 42.5 Å². The second-order valence-electron chi connectivity index (χ2n) is 6.40. The van der Waals surface area contributed by atoms with Gasteiger partial charge in [-0.2, -0.15) is 0 Å². The Bertz CT molecular complexity index is 951. The number of nitrogens with one attached hydrogen (secondary N) is 1. The number of carbonyl (C=O) groups is 3. The van der Waals surface area contributed by atoms with Gasteiger partial charge in [0.1, 0.15) is 17.9 Å². The zero-order chi connectivity index (χ0) is 20.3. The first-order valence-electron chi connectivity index (χ1n) is 8.70. The maximum atomic E-state index is 12.5. The van der Waals surface area contributed by atoms with Crippen LogP contribution in [0.15, 0.2) is 48.2 Å². The number of methoxy groups -OCH3 is 3. The highest BCUT2D eigenvalue weighted by Gasteiger charge is 2.52. The fourth-order valence-electron chi connectivity index (χ4n) is 3.49.